The Labute approximate surface area is 133 Å². The predicted octanol–water partition coefficient (Wildman–Crippen LogP) is 1.22. The standard InChI is InChI=1S/C14H16FN5O2S/c15-11-3-1-10(2-4-11)7-16-14-19-13(8-17-20-14)18-12-5-6-23(21,22)9-12/h1-4,8,12H,5-7,9H2,(H2,16,18,19,20). The molecule has 0 bridgehead atoms. The highest BCUT2D eigenvalue weighted by atomic mass is 32.2. The van der Waals surface area contributed by atoms with Gasteiger partial charge in [-0.3, -0.25) is 0 Å². The third kappa shape index (κ3) is 4.35. The van der Waals surface area contributed by atoms with E-state index in [9.17, 15) is 12.8 Å². The van der Waals surface area contributed by atoms with E-state index >= 15 is 0 Å². The summed E-state index contributed by atoms with van der Waals surface area (Å²) in [6, 6.07) is 5.95. The third-order valence-corrected chi connectivity index (χ3v) is 5.28. The summed E-state index contributed by atoms with van der Waals surface area (Å²) >= 11 is 0. The van der Waals surface area contributed by atoms with Crippen molar-refractivity contribution in [2.24, 2.45) is 0 Å². The molecule has 7 nitrogen and oxygen atoms in total. The monoisotopic (exact) mass is 337 g/mol. The van der Waals surface area contributed by atoms with Crippen LogP contribution in [0.5, 0.6) is 0 Å². The van der Waals surface area contributed by atoms with Crippen LogP contribution in [-0.2, 0) is 16.4 Å². The van der Waals surface area contributed by atoms with Gasteiger partial charge in [-0.05, 0) is 24.1 Å². The second-order valence-corrected chi connectivity index (χ2v) is 7.62. The van der Waals surface area contributed by atoms with E-state index in [2.05, 4.69) is 25.8 Å². The molecule has 1 unspecified atom stereocenters. The lowest BCUT2D eigenvalue weighted by Crippen LogP contribution is -2.21. The van der Waals surface area contributed by atoms with E-state index in [0.717, 1.165) is 5.56 Å². The molecule has 1 aliphatic heterocycles. The summed E-state index contributed by atoms with van der Waals surface area (Å²) in [7, 11) is -2.95. The lowest BCUT2D eigenvalue weighted by Gasteiger charge is -2.11. The highest BCUT2D eigenvalue weighted by Crippen LogP contribution is 2.16. The smallest absolute Gasteiger partial charge is 0.244 e. The fourth-order valence-corrected chi connectivity index (χ4v) is 4.02. The molecule has 0 amide bonds. The number of sulfone groups is 1. The molecule has 1 aromatic heterocycles. The zero-order valence-electron chi connectivity index (χ0n) is 12.2. The van der Waals surface area contributed by atoms with Crippen molar-refractivity contribution in [3.63, 3.8) is 0 Å². The Morgan fingerprint density at radius 1 is 1.26 bits per heavy atom. The Hall–Kier alpha value is -2.29. The van der Waals surface area contributed by atoms with Crippen LogP contribution in [0.4, 0.5) is 16.2 Å². The van der Waals surface area contributed by atoms with Gasteiger partial charge in [-0.15, -0.1) is 5.10 Å². The van der Waals surface area contributed by atoms with Gasteiger partial charge < -0.3 is 10.6 Å². The summed E-state index contributed by atoms with van der Waals surface area (Å²) in [5, 5.41) is 13.8. The molecule has 1 fully saturated rings. The summed E-state index contributed by atoms with van der Waals surface area (Å²) in [6.07, 6.45) is 2.01. The van der Waals surface area contributed by atoms with Crippen LogP contribution in [0.25, 0.3) is 0 Å². The number of hydrogen-bond donors (Lipinski definition) is 2. The van der Waals surface area contributed by atoms with Gasteiger partial charge in [-0.25, -0.2) is 12.8 Å². The van der Waals surface area contributed by atoms with Gasteiger partial charge in [0, 0.05) is 12.6 Å². The summed E-state index contributed by atoms with van der Waals surface area (Å²) in [5.41, 5.74) is 0.884. The summed E-state index contributed by atoms with van der Waals surface area (Å²) in [4.78, 5) is 4.25. The average Bonchev–Trinajstić information content (AvgIpc) is 2.86. The van der Waals surface area contributed by atoms with Crippen molar-refractivity contribution in [3.8, 4) is 0 Å². The maximum absolute atomic E-state index is 12.8. The SMILES string of the molecule is O=S1(=O)CCC(Nc2cnnc(NCc3ccc(F)cc3)n2)C1. The van der Waals surface area contributed by atoms with Gasteiger partial charge in [0.25, 0.3) is 0 Å². The van der Waals surface area contributed by atoms with Crippen LogP contribution in [-0.4, -0.2) is 41.1 Å². The fraction of sp³-hybridized carbons (Fsp3) is 0.357. The van der Waals surface area contributed by atoms with Crippen LogP contribution in [0.1, 0.15) is 12.0 Å². The molecule has 0 spiro atoms. The molecule has 2 aromatic rings. The molecule has 2 heterocycles. The first-order chi connectivity index (χ1) is 11.0. The van der Waals surface area contributed by atoms with E-state index in [4.69, 9.17) is 0 Å². The van der Waals surface area contributed by atoms with Crippen LogP contribution in [0.3, 0.4) is 0 Å². The number of benzene rings is 1. The Morgan fingerprint density at radius 3 is 2.74 bits per heavy atom. The van der Waals surface area contributed by atoms with Gasteiger partial charge >= 0.3 is 0 Å². The largest absolute Gasteiger partial charge is 0.365 e. The van der Waals surface area contributed by atoms with Crippen molar-refractivity contribution in [3.05, 3.63) is 41.8 Å². The van der Waals surface area contributed by atoms with Gasteiger partial charge in [0.1, 0.15) is 5.82 Å². The lowest BCUT2D eigenvalue weighted by atomic mass is 10.2. The second kappa shape index (κ2) is 6.45. The summed E-state index contributed by atoms with van der Waals surface area (Å²) in [5.74, 6) is 0.807. The Kier molecular flexibility index (Phi) is 4.37. The minimum Gasteiger partial charge on any atom is -0.365 e. The number of nitrogens with zero attached hydrogens (tertiary/aromatic N) is 3. The zero-order valence-corrected chi connectivity index (χ0v) is 13.1. The molecular weight excluding hydrogens is 321 g/mol. The van der Waals surface area contributed by atoms with Crippen LogP contribution in [0.15, 0.2) is 30.5 Å². The third-order valence-electron chi connectivity index (χ3n) is 3.51. The number of halogens is 1. The molecule has 1 saturated heterocycles. The molecule has 3 rings (SSSR count). The van der Waals surface area contributed by atoms with Gasteiger partial charge in [0.15, 0.2) is 15.7 Å². The molecule has 2 N–H and O–H groups in total. The number of nitrogens with one attached hydrogen (secondary N) is 2. The highest BCUT2D eigenvalue weighted by molar-refractivity contribution is 7.91. The van der Waals surface area contributed by atoms with Crippen molar-refractivity contribution >= 4 is 21.6 Å². The lowest BCUT2D eigenvalue weighted by molar-refractivity contribution is 0.602. The van der Waals surface area contributed by atoms with E-state index in [1.54, 1.807) is 12.1 Å². The number of hydrogen-bond acceptors (Lipinski definition) is 7. The first kappa shape index (κ1) is 15.6. The highest BCUT2D eigenvalue weighted by Gasteiger charge is 2.28. The van der Waals surface area contributed by atoms with E-state index < -0.39 is 9.84 Å². The van der Waals surface area contributed by atoms with Crippen LogP contribution in [0.2, 0.25) is 0 Å². The molecule has 23 heavy (non-hydrogen) atoms. The molecule has 0 aliphatic carbocycles. The Balaban J connectivity index is 1.60. The van der Waals surface area contributed by atoms with Crippen molar-refractivity contribution in [2.75, 3.05) is 22.1 Å². The quantitative estimate of drug-likeness (QED) is 0.847. The van der Waals surface area contributed by atoms with Gasteiger partial charge in [-0.2, -0.15) is 10.1 Å². The molecular formula is C14H16FN5O2S. The van der Waals surface area contributed by atoms with Crippen LogP contribution < -0.4 is 10.6 Å². The van der Waals surface area contributed by atoms with Gasteiger partial charge in [0.05, 0.1) is 17.7 Å². The van der Waals surface area contributed by atoms with E-state index in [1.807, 2.05) is 0 Å². The normalized spacial score (nSPS) is 19.4. The maximum atomic E-state index is 12.8. The first-order valence-electron chi connectivity index (χ1n) is 7.15. The van der Waals surface area contributed by atoms with E-state index in [-0.39, 0.29) is 23.4 Å². The molecule has 9 heteroatoms. The Bertz CT molecular complexity index is 782. The first-order valence-corrected chi connectivity index (χ1v) is 8.97. The summed E-state index contributed by atoms with van der Waals surface area (Å²) in [6.45, 7) is 0.434. The van der Waals surface area contributed by atoms with Gasteiger partial charge in [-0.1, -0.05) is 12.1 Å². The zero-order chi connectivity index (χ0) is 16.3. The molecule has 1 aliphatic rings. The number of rotatable bonds is 5. The molecule has 1 aromatic carbocycles. The molecule has 0 radical (unpaired) electrons. The average molecular weight is 337 g/mol. The van der Waals surface area contributed by atoms with Crippen molar-refractivity contribution in [1.29, 1.82) is 0 Å². The van der Waals surface area contributed by atoms with Crippen LogP contribution in [0, 0.1) is 5.82 Å². The van der Waals surface area contributed by atoms with E-state index in [0.29, 0.717) is 24.7 Å². The van der Waals surface area contributed by atoms with Crippen molar-refractivity contribution in [1.82, 2.24) is 15.2 Å². The maximum Gasteiger partial charge on any atom is 0.244 e. The van der Waals surface area contributed by atoms with Crippen molar-refractivity contribution < 1.29 is 12.8 Å². The number of anilines is 2. The molecule has 1 atom stereocenters. The van der Waals surface area contributed by atoms with Crippen molar-refractivity contribution in [2.45, 2.75) is 19.0 Å². The summed E-state index contributed by atoms with van der Waals surface area (Å²) < 4.78 is 35.8. The fourth-order valence-electron chi connectivity index (χ4n) is 2.35. The topological polar surface area (TPSA) is 96.9 Å². The van der Waals surface area contributed by atoms with E-state index in [1.165, 1.54) is 18.3 Å². The molecule has 122 valence electrons. The van der Waals surface area contributed by atoms with Crippen LogP contribution >= 0.6 is 0 Å². The minimum atomic E-state index is -2.95. The molecule has 0 saturated carbocycles. The second-order valence-electron chi connectivity index (χ2n) is 5.39. The Morgan fingerprint density at radius 2 is 2.04 bits per heavy atom. The number of aromatic nitrogens is 3. The minimum absolute atomic E-state index is 0.106. The van der Waals surface area contributed by atoms with Gasteiger partial charge in [0.2, 0.25) is 5.95 Å². The predicted molar refractivity (Wildman–Crippen MR) is 84.2 cm³/mol.